The third-order valence-electron chi connectivity index (χ3n) is 4.74. The lowest BCUT2D eigenvalue weighted by Gasteiger charge is -2.29. The molecule has 0 radical (unpaired) electrons. The van der Waals surface area contributed by atoms with E-state index in [1.807, 2.05) is 26.8 Å². The summed E-state index contributed by atoms with van der Waals surface area (Å²) in [4.78, 5) is 26.9. The third-order valence-corrected chi connectivity index (χ3v) is 5.02. The fourth-order valence-electron chi connectivity index (χ4n) is 3.37. The highest BCUT2D eigenvalue weighted by atomic mass is 32.1. The van der Waals surface area contributed by atoms with Crippen LogP contribution in [0.1, 0.15) is 30.8 Å². The molecule has 0 saturated carbocycles. The zero-order valence-corrected chi connectivity index (χ0v) is 17.2. The standard InChI is InChI=1S/C21H23N3O3S/c1-5-23-13(3)11-15(14(23)4)12-18-19(25)22-21(28)24(20(18)26)16-7-9-17(10-8-16)27-6-2/h7-12H,5-6H2,1-4H3,(H,22,25,28). The molecular weight excluding hydrogens is 374 g/mol. The molecule has 2 heterocycles. The molecule has 2 aromatic rings. The van der Waals surface area contributed by atoms with E-state index in [1.54, 1.807) is 30.3 Å². The first-order chi connectivity index (χ1) is 13.4. The van der Waals surface area contributed by atoms with E-state index in [4.69, 9.17) is 17.0 Å². The molecule has 0 bridgehead atoms. The van der Waals surface area contributed by atoms with Gasteiger partial charge in [-0.05, 0) is 81.9 Å². The molecule has 0 aliphatic carbocycles. The monoisotopic (exact) mass is 397 g/mol. The topological polar surface area (TPSA) is 63.6 Å². The molecule has 1 N–H and O–H groups in total. The van der Waals surface area contributed by atoms with Crippen molar-refractivity contribution in [1.82, 2.24) is 9.88 Å². The summed E-state index contributed by atoms with van der Waals surface area (Å²) < 4.78 is 7.57. The Morgan fingerprint density at radius 2 is 1.82 bits per heavy atom. The molecule has 0 unspecified atom stereocenters. The highest BCUT2D eigenvalue weighted by Crippen LogP contribution is 2.25. The Labute approximate surface area is 169 Å². The second kappa shape index (κ2) is 7.98. The first-order valence-corrected chi connectivity index (χ1v) is 9.59. The Bertz CT molecular complexity index is 974. The van der Waals surface area contributed by atoms with Crippen LogP contribution in [0.5, 0.6) is 5.75 Å². The number of rotatable bonds is 5. The molecule has 1 aromatic carbocycles. The quantitative estimate of drug-likeness (QED) is 0.477. The minimum Gasteiger partial charge on any atom is -0.494 e. The summed E-state index contributed by atoms with van der Waals surface area (Å²) >= 11 is 5.24. The van der Waals surface area contributed by atoms with Crippen molar-refractivity contribution in [3.8, 4) is 5.75 Å². The smallest absolute Gasteiger partial charge is 0.270 e. The van der Waals surface area contributed by atoms with Crippen LogP contribution in [0.25, 0.3) is 6.08 Å². The van der Waals surface area contributed by atoms with Crippen molar-refractivity contribution in [2.24, 2.45) is 0 Å². The summed E-state index contributed by atoms with van der Waals surface area (Å²) in [6, 6.07) is 8.99. The second-order valence-electron chi connectivity index (χ2n) is 6.46. The first kappa shape index (κ1) is 19.8. The molecule has 2 amide bonds. The zero-order chi connectivity index (χ0) is 20.4. The lowest BCUT2D eigenvalue weighted by atomic mass is 10.1. The molecule has 146 valence electrons. The molecule has 1 saturated heterocycles. The normalized spacial score (nSPS) is 15.9. The summed E-state index contributed by atoms with van der Waals surface area (Å²) in [5, 5.41) is 2.68. The molecule has 0 spiro atoms. The minimum atomic E-state index is -0.488. The van der Waals surface area contributed by atoms with Gasteiger partial charge < -0.3 is 9.30 Å². The van der Waals surface area contributed by atoms with Crippen molar-refractivity contribution in [2.45, 2.75) is 34.2 Å². The van der Waals surface area contributed by atoms with Gasteiger partial charge in [0.05, 0.1) is 12.3 Å². The molecule has 0 atom stereocenters. The molecule has 6 nitrogen and oxygen atoms in total. The van der Waals surface area contributed by atoms with Crippen molar-refractivity contribution in [3.63, 3.8) is 0 Å². The van der Waals surface area contributed by atoms with Crippen LogP contribution in [0.4, 0.5) is 5.69 Å². The summed E-state index contributed by atoms with van der Waals surface area (Å²) in [6.07, 6.45) is 1.63. The van der Waals surface area contributed by atoms with E-state index in [0.717, 1.165) is 23.5 Å². The number of benzene rings is 1. The minimum absolute atomic E-state index is 0.0545. The Kier molecular flexibility index (Phi) is 5.65. The van der Waals surface area contributed by atoms with Gasteiger partial charge in [-0.2, -0.15) is 0 Å². The van der Waals surface area contributed by atoms with Crippen LogP contribution < -0.4 is 15.0 Å². The average molecular weight is 398 g/mol. The predicted octanol–water partition coefficient (Wildman–Crippen LogP) is 3.35. The summed E-state index contributed by atoms with van der Waals surface area (Å²) in [5.41, 5.74) is 3.56. The van der Waals surface area contributed by atoms with Gasteiger partial charge in [0.25, 0.3) is 11.8 Å². The maximum Gasteiger partial charge on any atom is 0.270 e. The first-order valence-electron chi connectivity index (χ1n) is 9.18. The Morgan fingerprint density at radius 1 is 1.14 bits per heavy atom. The van der Waals surface area contributed by atoms with Crippen LogP contribution in [0, 0.1) is 13.8 Å². The number of anilines is 1. The van der Waals surface area contributed by atoms with Gasteiger partial charge >= 0.3 is 0 Å². The van der Waals surface area contributed by atoms with Gasteiger partial charge in [0.2, 0.25) is 0 Å². The average Bonchev–Trinajstić information content (AvgIpc) is 2.93. The molecule has 1 aliphatic rings. The van der Waals surface area contributed by atoms with E-state index in [9.17, 15) is 9.59 Å². The Balaban J connectivity index is 1.98. The summed E-state index contributed by atoms with van der Waals surface area (Å²) in [6.45, 7) is 9.31. The van der Waals surface area contributed by atoms with Crippen LogP contribution in [0.15, 0.2) is 35.9 Å². The molecule has 28 heavy (non-hydrogen) atoms. The van der Waals surface area contributed by atoms with Crippen molar-refractivity contribution in [1.29, 1.82) is 0 Å². The fraction of sp³-hybridized carbons (Fsp3) is 0.286. The lowest BCUT2D eigenvalue weighted by molar-refractivity contribution is -0.122. The van der Waals surface area contributed by atoms with Crippen molar-refractivity contribution >= 4 is 40.9 Å². The number of nitrogens with zero attached hydrogens (tertiary/aromatic N) is 2. The molecule has 1 aromatic heterocycles. The van der Waals surface area contributed by atoms with Gasteiger partial charge in [0, 0.05) is 17.9 Å². The second-order valence-corrected chi connectivity index (χ2v) is 6.84. The number of thiocarbonyl (C=S) groups is 1. The van der Waals surface area contributed by atoms with Gasteiger partial charge in [-0.1, -0.05) is 0 Å². The molecular formula is C21H23N3O3S. The fourth-order valence-corrected chi connectivity index (χ4v) is 3.65. The number of hydrogen-bond acceptors (Lipinski definition) is 4. The van der Waals surface area contributed by atoms with Crippen LogP contribution in [-0.2, 0) is 16.1 Å². The van der Waals surface area contributed by atoms with Crippen molar-refractivity contribution in [2.75, 3.05) is 11.5 Å². The zero-order valence-electron chi connectivity index (χ0n) is 16.4. The van der Waals surface area contributed by atoms with Crippen LogP contribution in [0.3, 0.4) is 0 Å². The molecule has 1 aliphatic heterocycles. The summed E-state index contributed by atoms with van der Waals surface area (Å²) in [5.74, 6) is -0.230. The number of nitrogens with one attached hydrogen (secondary N) is 1. The number of hydrogen-bond donors (Lipinski definition) is 1. The third kappa shape index (κ3) is 3.57. The van der Waals surface area contributed by atoms with Gasteiger partial charge in [0.15, 0.2) is 5.11 Å². The van der Waals surface area contributed by atoms with E-state index < -0.39 is 11.8 Å². The number of amides is 2. The van der Waals surface area contributed by atoms with Gasteiger partial charge in [-0.15, -0.1) is 0 Å². The van der Waals surface area contributed by atoms with Gasteiger partial charge in [-0.3, -0.25) is 19.8 Å². The number of carbonyl (C=O) groups is 2. The van der Waals surface area contributed by atoms with Crippen LogP contribution in [-0.4, -0.2) is 28.1 Å². The highest BCUT2D eigenvalue weighted by Gasteiger charge is 2.34. The number of carbonyl (C=O) groups excluding carboxylic acids is 2. The van der Waals surface area contributed by atoms with Crippen LogP contribution >= 0.6 is 12.2 Å². The maximum absolute atomic E-state index is 13.1. The Hall–Kier alpha value is -2.93. The van der Waals surface area contributed by atoms with Crippen LogP contribution in [0.2, 0.25) is 0 Å². The van der Waals surface area contributed by atoms with E-state index in [-0.39, 0.29) is 10.7 Å². The predicted molar refractivity (Wildman–Crippen MR) is 113 cm³/mol. The van der Waals surface area contributed by atoms with Gasteiger partial charge in [0.1, 0.15) is 11.3 Å². The van der Waals surface area contributed by atoms with E-state index >= 15 is 0 Å². The number of ether oxygens (including phenoxy) is 1. The van der Waals surface area contributed by atoms with E-state index in [0.29, 0.717) is 18.0 Å². The van der Waals surface area contributed by atoms with E-state index in [2.05, 4.69) is 16.8 Å². The summed E-state index contributed by atoms with van der Waals surface area (Å²) in [7, 11) is 0. The number of aromatic nitrogens is 1. The van der Waals surface area contributed by atoms with Crippen molar-refractivity contribution < 1.29 is 14.3 Å². The Morgan fingerprint density at radius 3 is 2.39 bits per heavy atom. The maximum atomic E-state index is 13.1. The van der Waals surface area contributed by atoms with Gasteiger partial charge in [-0.25, -0.2) is 0 Å². The highest BCUT2D eigenvalue weighted by molar-refractivity contribution is 7.80. The lowest BCUT2D eigenvalue weighted by Crippen LogP contribution is -2.54. The largest absolute Gasteiger partial charge is 0.494 e. The number of aryl methyl sites for hydroxylation is 1. The van der Waals surface area contributed by atoms with Crippen molar-refractivity contribution in [3.05, 3.63) is 52.9 Å². The SMILES string of the molecule is CCOc1ccc(N2C(=O)C(=Cc3cc(C)n(CC)c3C)C(=O)NC2=S)cc1. The van der Waals surface area contributed by atoms with E-state index in [1.165, 1.54) is 4.90 Å². The molecule has 1 fully saturated rings. The molecule has 7 heteroatoms. The molecule has 3 rings (SSSR count).